The van der Waals surface area contributed by atoms with Crippen LogP contribution in [0.1, 0.15) is 37.0 Å². The molecule has 2 atom stereocenters. The van der Waals surface area contributed by atoms with Gasteiger partial charge >= 0.3 is 6.18 Å². The third kappa shape index (κ3) is 9.30. The van der Waals surface area contributed by atoms with Crippen molar-refractivity contribution in [2.24, 2.45) is 0 Å². The average Bonchev–Trinajstić information content (AvgIpc) is 3.05. The molecule has 4 aromatic rings. The van der Waals surface area contributed by atoms with E-state index in [1.165, 1.54) is 29.2 Å². The number of amides is 2. The monoisotopic (exact) mass is 719 g/mol. The van der Waals surface area contributed by atoms with Crippen LogP contribution in [-0.4, -0.2) is 43.8 Å². The van der Waals surface area contributed by atoms with E-state index in [9.17, 15) is 31.2 Å². The molecule has 0 spiro atoms. The number of hydrogen-bond donors (Lipinski definition) is 1. The molecular formula is C35H34Cl2F3N3O4S. The average molecular weight is 721 g/mol. The van der Waals surface area contributed by atoms with Crippen LogP contribution in [0.2, 0.25) is 10.0 Å². The lowest BCUT2D eigenvalue weighted by atomic mass is 10.0. The summed E-state index contributed by atoms with van der Waals surface area (Å²) < 4.78 is 70.3. The standard InChI is InChI=1S/C35H34Cl2F3N3O4S/c1-3-24(2)41-34(45)32(20-25-11-6-4-7-12-25)42(22-26-13-10-14-28(36)19-26)33(44)23-43(48(46,47)29-15-8-5-9-16-29)31-21-27(35(38,39)40)17-18-30(31)37/h4-19,21,24,32H,3,20,22-23H2,1-2H3,(H,41,45)/t24-,32-/m1/s1. The van der Waals surface area contributed by atoms with E-state index < -0.39 is 51.9 Å². The number of benzene rings is 4. The highest BCUT2D eigenvalue weighted by molar-refractivity contribution is 7.92. The third-order valence-corrected chi connectivity index (χ3v) is 9.99. The van der Waals surface area contributed by atoms with Gasteiger partial charge in [0, 0.05) is 24.0 Å². The number of rotatable bonds is 13. The summed E-state index contributed by atoms with van der Waals surface area (Å²) in [6, 6.07) is 23.4. The Morgan fingerprint density at radius 2 is 1.48 bits per heavy atom. The lowest BCUT2D eigenvalue weighted by Crippen LogP contribution is -2.54. The van der Waals surface area contributed by atoms with Crippen LogP contribution in [0.15, 0.2) is 108 Å². The molecule has 0 aromatic heterocycles. The number of nitrogens with zero attached hydrogens (tertiary/aromatic N) is 2. The van der Waals surface area contributed by atoms with Crippen molar-refractivity contribution in [1.82, 2.24) is 10.2 Å². The van der Waals surface area contributed by atoms with E-state index in [1.54, 1.807) is 60.7 Å². The first-order chi connectivity index (χ1) is 22.7. The number of sulfonamides is 1. The molecule has 2 amide bonds. The molecule has 0 unspecified atom stereocenters. The van der Waals surface area contributed by atoms with E-state index in [2.05, 4.69) is 5.32 Å². The van der Waals surface area contributed by atoms with Gasteiger partial charge in [0.2, 0.25) is 11.8 Å². The Morgan fingerprint density at radius 3 is 2.08 bits per heavy atom. The molecule has 4 aromatic carbocycles. The molecule has 1 N–H and O–H groups in total. The van der Waals surface area contributed by atoms with Crippen LogP contribution in [0.25, 0.3) is 0 Å². The molecule has 0 aliphatic heterocycles. The fourth-order valence-corrected chi connectivity index (χ4v) is 6.87. The van der Waals surface area contributed by atoms with Gasteiger partial charge in [-0.1, -0.05) is 90.8 Å². The molecule has 7 nitrogen and oxygen atoms in total. The van der Waals surface area contributed by atoms with Gasteiger partial charge in [0.1, 0.15) is 12.6 Å². The van der Waals surface area contributed by atoms with Gasteiger partial charge < -0.3 is 10.2 Å². The van der Waals surface area contributed by atoms with Crippen molar-refractivity contribution in [2.75, 3.05) is 10.8 Å². The second-order valence-electron chi connectivity index (χ2n) is 11.2. The maximum atomic E-state index is 14.5. The minimum Gasteiger partial charge on any atom is -0.352 e. The molecule has 48 heavy (non-hydrogen) atoms. The molecule has 0 aliphatic carbocycles. The predicted molar refractivity (Wildman–Crippen MR) is 181 cm³/mol. The molecular weight excluding hydrogens is 686 g/mol. The molecule has 254 valence electrons. The molecule has 0 fully saturated rings. The van der Waals surface area contributed by atoms with Crippen molar-refractivity contribution in [3.05, 3.63) is 130 Å². The van der Waals surface area contributed by atoms with Gasteiger partial charge in [-0.15, -0.1) is 0 Å². The maximum Gasteiger partial charge on any atom is 0.416 e. The Kier molecular flexibility index (Phi) is 12.2. The van der Waals surface area contributed by atoms with Crippen LogP contribution in [0.4, 0.5) is 18.9 Å². The fraction of sp³-hybridized carbons (Fsp3) is 0.257. The van der Waals surface area contributed by atoms with Gasteiger partial charge in [0.05, 0.1) is 21.2 Å². The van der Waals surface area contributed by atoms with Gasteiger partial charge in [-0.2, -0.15) is 13.2 Å². The van der Waals surface area contributed by atoms with Crippen molar-refractivity contribution in [3.63, 3.8) is 0 Å². The molecule has 0 radical (unpaired) electrons. The lowest BCUT2D eigenvalue weighted by molar-refractivity contribution is -0.140. The van der Waals surface area contributed by atoms with Crippen LogP contribution in [-0.2, 0) is 38.8 Å². The van der Waals surface area contributed by atoms with Gasteiger partial charge in [0.15, 0.2) is 0 Å². The summed E-state index contributed by atoms with van der Waals surface area (Å²) in [6.45, 7) is 2.56. The smallest absolute Gasteiger partial charge is 0.352 e. The van der Waals surface area contributed by atoms with Crippen molar-refractivity contribution >= 4 is 50.7 Å². The summed E-state index contributed by atoms with van der Waals surface area (Å²) in [5.41, 5.74) is -0.441. The Morgan fingerprint density at radius 1 is 0.854 bits per heavy atom. The zero-order valence-corrected chi connectivity index (χ0v) is 28.5. The normalized spacial score (nSPS) is 13.0. The van der Waals surface area contributed by atoms with Crippen LogP contribution in [0, 0.1) is 0 Å². The van der Waals surface area contributed by atoms with E-state index in [1.807, 2.05) is 13.8 Å². The molecule has 0 bridgehead atoms. The van der Waals surface area contributed by atoms with E-state index in [4.69, 9.17) is 23.2 Å². The number of alkyl halides is 3. The number of anilines is 1. The summed E-state index contributed by atoms with van der Waals surface area (Å²) in [5, 5.41) is 2.96. The van der Waals surface area contributed by atoms with Gasteiger partial charge in [-0.3, -0.25) is 13.9 Å². The summed E-state index contributed by atoms with van der Waals surface area (Å²) in [6.07, 6.45) is -4.17. The van der Waals surface area contributed by atoms with E-state index in [0.717, 1.165) is 17.7 Å². The van der Waals surface area contributed by atoms with Crippen molar-refractivity contribution < 1.29 is 31.2 Å². The number of hydrogen-bond acceptors (Lipinski definition) is 4. The SMILES string of the molecule is CC[C@@H](C)NC(=O)[C@@H](Cc1ccccc1)N(Cc1cccc(Cl)c1)C(=O)CN(c1cc(C(F)(F)F)ccc1Cl)S(=O)(=O)c1ccccc1. The summed E-state index contributed by atoms with van der Waals surface area (Å²) >= 11 is 12.6. The highest BCUT2D eigenvalue weighted by Crippen LogP contribution is 2.37. The van der Waals surface area contributed by atoms with Crippen LogP contribution in [0.5, 0.6) is 0 Å². The third-order valence-electron chi connectivity index (χ3n) is 7.67. The Balaban J connectivity index is 1.87. The summed E-state index contributed by atoms with van der Waals surface area (Å²) in [7, 11) is -4.66. The van der Waals surface area contributed by atoms with Gasteiger partial charge in [-0.25, -0.2) is 8.42 Å². The molecule has 0 heterocycles. The molecule has 0 saturated heterocycles. The first kappa shape index (κ1) is 36.8. The lowest BCUT2D eigenvalue weighted by Gasteiger charge is -2.34. The van der Waals surface area contributed by atoms with E-state index in [-0.39, 0.29) is 28.9 Å². The molecule has 4 rings (SSSR count). The number of carbonyl (C=O) groups is 2. The minimum absolute atomic E-state index is 0.0607. The van der Waals surface area contributed by atoms with E-state index >= 15 is 0 Å². The summed E-state index contributed by atoms with van der Waals surface area (Å²) in [4.78, 5) is 29.4. The first-order valence-electron chi connectivity index (χ1n) is 15.0. The Labute approximate surface area is 288 Å². The quantitative estimate of drug-likeness (QED) is 0.153. The predicted octanol–water partition coefficient (Wildman–Crippen LogP) is 7.76. The maximum absolute atomic E-state index is 14.5. The van der Waals surface area contributed by atoms with E-state index in [0.29, 0.717) is 27.4 Å². The molecule has 13 heteroatoms. The van der Waals surface area contributed by atoms with Crippen molar-refractivity contribution in [2.45, 2.75) is 56.4 Å². The van der Waals surface area contributed by atoms with Gasteiger partial charge in [0.25, 0.3) is 10.0 Å². The zero-order valence-electron chi connectivity index (χ0n) is 26.1. The topological polar surface area (TPSA) is 86.8 Å². The highest BCUT2D eigenvalue weighted by atomic mass is 35.5. The highest BCUT2D eigenvalue weighted by Gasteiger charge is 2.37. The zero-order chi connectivity index (χ0) is 35.1. The molecule has 0 aliphatic rings. The summed E-state index contributed by atoms with van der Waals surface area (Å²) in [5.74, 6) is -1.35. The number of halogens is 5. The van der Waals surface area contributed by atoms with Crippen molar-refractivity contribution in [3.8, 4) is 0 Å². The first-order valence-corrected chi connectivity index (χ1v) is 17.2. The van der Waals surface area contributed by atoms with Crippen LogP contribution in [0.3, 0.4) is 0 Å². The largest absolute Gasteiger partial charge is 0.416 e. The number of carbonyl (C=O) groups excluding carboxylic acids is 2. The van der Waals surface area contributed by atoms with Gasteiger partial charge in [-0.05, 0) is 66.9 Å². The minimum atomic E-state index is -4.83. The Hall–Kier alpha value is -4.06. The second kappa shape index (κ2) is 15.9. The van der Waals surface area contributed by atoms with Crippen LogP contribution >= 0.6 is 23.2 Å². The fourth-order valence-electron chi connectivity index (χ4n) is 4.94. The number of nitrogens with one attached hydrogen (secondary N) is 1. The molecule has 0 saturated carbocycles. The Bertz CT molecular complexity index is 1830. The van der Waals surface area contributed by atoms with Crippen molar-refractivity contribution in [1.29, 1.82) is 0 Å². The van der Waals surface area contributed by atoms with Crippen LogP contribution < -0.4 is 9.62 Å². The second-order valence-corrected chi connectivity index (χ2v) is 13.9.